The summed E-state index contributed by atoms with van der Waals surface area (Å²) in [5, 5.41) is 0. The summed E-state index contributed by atoms with van der Waals surface area (Å²) >= 11 is 0. The Labute approximate surface area is 165 Å². The molecule has 25 heavy (non-hydrogen) atoms. The molecule has 0 saturated heterocycles. The minimum Gasteiger partial charge on any atom is -0.748 e. The first-order valence-corrected chi connectivity index (χ1v) is 12.2. The molecule has 0 fully saturated rings. The minimum absolute atomic E-state index is 0. The van der Waals surface area contributed by atoms with Crippen LogP contribution in [0.15, 0.2) is 0 Å². The Morgan fingerprint density at radius 3 is 0.720 bits per heavy atom. The molecule has 9 nitrogen and oxygen atoms in total. The van der Waals surface area contributed by atoms with Crippen LogP contribution in [0.2, 0.25) is 0 Å². The second-order valence-electron chi connectivity index (χ2n) is 4.85. The van der Waals surface area contributed by atoms with Gasteiger partial charge in [-0.1, -0.05) is 40.0 Å². The van der Waals surface area contributed by atoms with Gasteiger partial charge in [0.05, 0.1) is 30.4 Å². The number of unbranched alkanes of at least 4 members (excludes halogenated alkanes) is 3. The molecule has 0 aliphatic rings. The quantitative estimate of drug-likeness (QED) is 0.349. The molecule has 0 aromatic carbocycles. The smallest absolute Gasteiger partial charge is 0.748 e. The summed E-state index contributed by atoms with van der Waals surface area (Å²) in [7, 11) is -11.8. The molecule has 0 amide bonds. The van der Waals surface area contributed by atoms with Gasteiger partial charge in [0.2, 0.25) is 0 Å². The Hall–Kier alpha value is 0.379. The zero-order valence-corrected chi connectivity index (χ0v) is 19.4. The largest absolute Gasteiger partial charge is 3.00 e. The summed E-state index contributed by atoms with van der Waals surface area (Å²) < 4.78 is 88.5. The fraction of sp³-hybridized carbons (Fsp3) is 1.00. The fourth-order valence-electron chi connectivity index (χ4n) is 0.963. The molecule has 13 heteroatoms. The van der Waals surface area contributed by atoms with Crippen LogP contribution in [0.1, 0.15) is 59.3 Å². The van der Waals surface area contributed by atoms with Crippen molar-refractivity contribution in [1.29, 1.82) is 0 Å². The van der Waals surface area contributed by atoms with Crippen molar-refractivity contribution in [3.05, 3.63) is 0 Å². The van der Waals surface area contributed by atoms with Crippen LogP contribution in [-0.2, 0) is 50.5 Å². The van der Waals surface area contributed by atoms with E-state index in [-0.39, 0.29) is 37.4 Å². The van der Waals surface area contributed by atoms with Crippen LogP contribution in [0, 0.1) is 0 Å². The van der Waals surface area contributed by atoms with Crippen molar-refractivity contribution in [3.8, 4) is 0 Å². The van der Waals surface area contributed by atoms with Crippen LogP contribution in [0.5, 0.6) is 0 Å². The van der Waals surface area contributed by atoms with Crippen molar-refractivity contribution in [1.82, 2.24) is 0 Å². The van der Waals surface area contributed by atoms with Crippen LogP contribution >= 0.6 is 0 Å². The van der Waals surface area contributed by atoms with E-state index >= 15 is 0 Å². The van der Waals surface area contributed by atoms with Gasteiger partial charge in [-0.3, -0.25) is 0 Å². The monoisotopic (exact) mass is 604 g/mol. The van der Waals surface area contributed by atoms with Gasteiger partial charge in [-0.15, -0.1) is 0 Å². The Kier molecular flexibility index (Phi) is 23.5. The Morgan fingerprint density at radius 2 is 0.680 bits per heavy atom. The minimum atomic E-state index is -3.94. The van der Waals surface area contributed by atoms with Gasteiger partial charge in [0, 0.05) is 17.3 Å². The SMILES string of the molecule is CCCCS(=O)(=O)[O-].CCCCS(=O)(=O)[O-].CCCCS(=O)(=O)[O-].[Ir+3]. The average molecular weight is 604 g/mol. The maximum atomic E-state index is 9.83. The van der Waals surface area contributed by atoms with Gasteiger partial charge >= 0.3 is 20.1 Å². The number of hydrogen-bond acceptors (Lipinski definition) is 9. The Bertz CT molecular complexity index is 498. The van der Waals surface area contributed by atoms with Gasteiger partial charge in [0.15, 0.2) is 0 Å². The number of rotatable bonds is 9. The molecule has 0 rings (SSSR count). The van der Waals surface area contributed by atoms with E-state index < -0.39 is 30.4 Å². The summed E-state index contributed by atoms with van der Waals surface area (Å²) in [5.74, 6) is -0.656. The van der Waals surface area contributed by atoms with Crippen molar-refractivity contribution < 1.29 is 59.0 Å². The third-order valence-corrected chi connectivity index (χ3v) is 4.61. The molecular weight excluding hydrogens is 577 g/mol. The predicted octanol–water partition coefficient (Wildman–Crippen LogP) is 0.993. The van der Waals surface area contributed by atoms with Gasteiger partial charge in [0.25, 0.3) is 0 Å². The third kappa shape index (κ3) is 51.6. The van der Waals surface area contributed by atoms with E-state index in [0.717, 1.165) is 19.3 Å². The number of hydrogen-bond donors (Lipinski definition) is 0. The van der Waals surface area contributed by atoms with Crippen LogP contribution in [0.3, 0.4) is 0 Å². The molecule has 0 radical (unpaired) electrons. The molecule has 0 spiro atoms. The topological polar surface area (TPSA) is 172 Å². The zero-order valence-electron chi connectivity index (χ0n) is 14.6. The van der Waals surface area contributed by atoms with E-state index in [1.54, 1.807) is 0 Å². The van der Waals surface area contributed by atoms with Gasteiger partial charge in [0.1, 0.15) is 0 Å². The van der Waals surface area contributed by atoms with Crippen LogP contribution in [-0.4, -0.2) is 56.2 Å². The first-order chi connectivity index (χ1) is 10.7. The van der Waals surface area contributed by atoms with E-state index in [9.17, 15) is 38.9 Å². The molecule has 0 heterocycles. The second kappa shape index (κ2) is 17.8. The Balaban J connectivity index is -0.000000130. The molecule has 0 N–H and O–H groups in total. The summed E-state index contributed by atoms with van der Waals surface area (Å²) in [6.45, 7) is 5.52. The van der Waals surface area contributed by atoms with E-state index in [0.29, 0.717) is 19.3 Å². The third-order valence-electron chi connectivity index (χ3n) is 2.24. The average Bonchev–Trinajstić information content (AvgIpc) is 2.39. The summed E-state index contributed by atoms with van der Waals surface area (Å²) in [4.78, 5) is 0. The standard InChI is InChI=1S/3C4H10O3S.Ir/c3*1-2-3-4-8(5,6)7;/h3*2-4H2,1H3,(H,5,6,7);/q;;;+3/p-3. The van der Waals surface area contributed by atoms with E-state index in [2.05, 4.69) is 0 Å². The van der Waals surface area contributed by atoms with Crippen molar-refractivity contribution in [2.75, 3.05) is 17.3 Å². The molecule has 0 atom stereocenters. The summed E-state index contributed by atoms with van der Waals surface area (Å²) in [5.41, 5.74) is 0. The van der Waals surface area contributed by atoms with E-state index in [1.807, 2.05) is 20.8 Å². The molecule has 0 saturated carbocycles. The second-order valence-corrected chi connectivity index (χ2v) is 9.42. The van der Waals surface area contributed by atoms with Gasteiger partial charge in [-0.05, 0) is 19.3 Å². The zero-order chi connectivity index (χ0) is 19.9. The molecule has 0 unspecified atom stereocenters. The predicted molar refractivity (Wildman–Crippen MR) is 88.4 cm³/mol. The molecule has 0 aliphatic carbocycles. The van der Waals surface area contributed by atoms with E-state index in [4.69, 9.17) is 0 Å². The van der Waals surface area contributed by atoms with Gasteiger partial charge in [-0.2, -0.15) is 0 Å². The maximum absolute atomic E-state index is 9.83. The van der Waals surface area contributed by atoms with Crippen LogP contribution < -0.4 is 0 Å². The maximum Gasteiger partial charge on any atom is 3.00 e. The molecule has 0 aromatic rings. The molecule has 0 aliphatic heterocycles. The van der Waals surface area contributed by atoms with Crippen LogP contribution in [0.4, 0.5) is 0 Å². The normalized spacial score (nSPS) is 11.3. The molecule has 0 aromatic heterocycles. The summed E-state index contributed by atoms with van der Waals surface area (Å²) in [6.07, 6.45) is 3.69. The fourth-order valence-corrected chi connectivity index (χ4v) is 2.89. The van der Waals surface area contributed by atoms with Crippen molar-refractivity contribution in [2.24, 2.45) is 0 Å². The van der Waals surface area contributed by atoms with Gasteiger partial charge < -0.3 is 13.7 Å². The Morgan fingerprint density at radius 1 is 0.520 bits per heavy atom. The molecular formula is C12H27IrO9S3. The molecule has 0 bridgehead atoms. The summed E-state index contributed by atoms with van der Waals surface area (Å²) in [6, 6.07) is 0. The van der Waals surface area contributed by atoms with Crippen molar-refractivity contribution in [2.45, 2.75) is 59.3 Å². The van der Waals surface area contributed by atoms with Crippen LogP contribution in [0.25, 0.3) is 0 Å². The first kappa shape index (κ1) is 33.0. The first-order valence-electron chi connectivity index (χ1n) is 7.49. The molecule has 156 valence electrons. The van der Waals surface area contributed by atoms with Crippen molar-refractivity contribution in [3.63, 3.8) is 0 Å². The van der Waals surface area contributed by atoms with Crippen molar-refractivity contribution >= 4 is 30.4 Å². The van der Waals surface area contributed by atoms with Gasteiger partial charge in [-0.25, -0.2) is 25.3 Å². The van der Waals surface area contributed by atoms with E-state index in [1.165, 1.54) is 0 Å².